The number of carbonyl (C=O) groups excluding carboxylic acids is 3. The van der Waals surface area contributed by atoms with Crippen molar-refractivity contribution in [3.05, 3.63) is 65.2 Å². The number of nitrogens with zero attached hydrogens (tertiary/aromatic N) is 3. The Hall–Kier alpha value is -3.19. The van der Waals surface area contributed by atoms with Crippen LogP contribution in [0.2, 0.25) is 0 Å². The number of rotatable bonds is 8. The average molecular weight is 515 g/mol. The second kappa shape index (κ2) is 10.9. The normalized spacial score (nSPS) is 24.5. The fraction of sp³-hybridized carbons (Fsp3) is 0.516. The highest BCUT2D eigenvalue weighted by atomic mass is 16.2. The van der Waals surface area contributed by atoms with E-state index in [1.807, 2.05) is 47.4 Å². The van der Waals surface area contributed by atoms with Gasteiger partial charge in [-0.2, -0.15) is 0 Å². The molecule has 6 rings (SSSR count). The highest BCUT2D eigenvalue weighted by Gasteiger charge is 2.47. The van der Waals surface area contributed by atoms with Crippen molar-refractivity contribution in [2.45, 2.75) is 70.0 Å². The van der Waals surface area contributed by atoms with Gasteiger partial charge in [-0.3, -0.25) is 19.3 Å². The number of carbonyl (C=O) groups is 3. The lowest BCUT2D eigenvalue weighted by Crippen LogP contribution is -2.50. The van der Waals surface area contributed by atoms with Crippen LogP contribution in [0.15, 0.2) is 48.5 Å². The molecule has 38 heavy (non-hydrogen) atoms. The van der Waals surface area contributed by atoms with Crippen LogP contribution in [0, 0.1) is 5.92 Å². The molecule has 0 bridgehead atoms. The summed E-state index contributed by atoms with van der Waals surface area (Å²) in [5.41, 5.74) is 2.81. The quantitative estimate of drug-likeness (QED) is 0.517. The van der Waals surface area contributed by atoms with Gasteiger partial charge >= 0.3 is 0 Å². The second-order valence-electron chi connectivity index (χ2n) is 11.3. The topological polar surface area (TPSA) is 73.0 Å². The molecule has 0 spiro atoms. The predicted molar refractivity (Wildman–Crippen MR) is 147 cm³/mol. The first kappa shape index (κ1) is 25.1. The molecule has 3 unspecified atom stereocenters. The summed E-state index contributed by atoms with van der Waals surface area (Å²) in [6.45, 7) is 3.79. The number of para-hydroxylation sites is 1. The third kappa shape index (κ3) is 4.62. The Morgan fingerprint density at radius 1 is 0.842 bits per heavy atom. The van der Waals surface area contributed by atoms with Gasteiger partial charge in [-0.1, -0.05) is 43.2 Å². The van der Waals surface area contributed by atoms with Crippen molar-refractivity contribution < 1.29 is 14.4 Å². The second-order valence-corrected chi connectivity index (χ2v) is 11.3. The van der Waals surface area contributed by atoms with Crippen LogP contribution >= 0.6 is 0 Å². The van der Waals surface area contributed by atoms with E-state index in [2.05, 4.69) is 10.2 Å². The lowest BCUT2D eigenvalue weighted by Gasteiger charge is -2.44. The van der Waals surface area contributed by atoms with Gasteiger partial charge in [0.2, 0.25) is 5.91 Å². The Kier molecular flexibility index (Phi) is 7.20. The summed E-state index contributed by atoms with van der Waals surface area (Å²) in [6.07, 6.45) is 8.94. The van der Waals surface area contributed by atoms with Crippen LogP contribution in [0.3, 0.4) is 0 Å². The van der Waals surface area contributed by atoms with Crippen LogP contribution in [0.5, 0.6) is 0 Å². The van der Waals surface area contributed by atoms with Gasteiger partial charge in [0, 0.05) is 36.7 Å². The minimum Gasteiger partial charge on any atom is -0.356 e. The maximum atomic E-state index is 13.5. The molecule has 200 valence electrons. The van der Waals surface area contributed by atoms with Crippen LogP contribution < -0.4 is 10.2 Å². The van der Waals surface area contributed by atoms with Crippen molar-refractivity contribution in [1.29, 1.82) is 0 Å². The summed E-state index contributed by atoms with van der Waals surface area (Å²) in [4.78, 5) is 45.6. The fourth-order valence-electron chi connectivity index (χ4n) is 7.09. The van der Waals surface area contributed by atoms with Gasteiger partial charge in [0.05, 0.1) is 11.3 Å². The van der Waals surface area contributed by atoms with Crippen LogP contribution in [0.25, 0.3) is 0 Å². The Balaban J connectivity index is 1.02. The molecule has 0 radical (unpaired) electrons. The minimum atomic E-state index is -0.403. The van der Waals surface area contributed by atoms with Crippen LogP contribution in [-0.4, -0.2) is 59.7 Å². The lowest BCUT2D eigenvalue weighted by atomic mass is 9.83. The van der Waals surface area contributed by atoms with E-state index >= 15 is 0 Å². The zero-order valence-electron chi connectivity index (χ0n) is 22.1. The molecule has 4 heterocycles. The van der Waals surface area contributed by atoms with Crippen LogP contribution in [0.1, 0.15) is 90.2 Å². The molecule has 2 aromatic carbocycles. The molecule has 0 aliphatic carbocycles. The standard InChI is InChI=1S/C31H38N4O3/c36-28(32-21-22-11-10-19-33-18-9-7-15-26(22)33)17-2-1-8-20-34-29-23-12-3-4-13-24(23)31(38)35(29)27-16-6-5-14-25(27)30(34)37/h3-6,12-14,16,22,26,29H,1-2,7-11,15,17-21H2,(H,32,36). The van der Waals surface area contributed by atoms with Crippen molar-refractivity contribution >= 4 is 23.4 Å². The molecular formula is C31H38N4O3. The first-order chi connectivity index (χ1) is 18.6. The highest BCUT2D eigenvalue weighted by molar-refractivity contribution is 6.16. The monoisotopic (exact) mass is 514 g/mol. The van der Waals surface area contributed by atoms with E-state index in [9.17, 15) is 14.4 Å². The van der Waals surface area contributed by atoms with E-state index in [1.54, 1.807) is 11.0 Å². The number of benzene rings is 2. The number of hydrogen-bond donors (Lipinski definition) is 1. The van der Waals surface area contributed by atoms with Crippen LogP contribution in [-0.2, 0) is 4.79 Å². The van der Waals surface area contributed by atoms with E-state index in [-0.39, 0.29) is 17.7 Å². The van der Waals surface area contributed by atoms with Gasteiger partial charge in [0.1, 0.15) is 6.17 Å². The number of piperidine rings is 2. The van der Waals surface area contributed by atoms with E-state index in [0.717, 1.165) is 31.4 Å². The SMILES string of the molecule is O=C(CCCCCN1C(=O)c2ccccc2N2C(=O)c3ccccc3C12)NCC1CCCN2CCCCC12. The van der Waals surface area contributed by atoms with E-state index in [1.165, 1.54) is 45.2 Å². The molecule has 4 aliphatic heterocycles. The Morgan fingerprint density at radius 3 is 2.53 bits per heavy atom. The predicted octanol–water partition coefficient (Wildman–Crippen LogP) is 4.74. The van der Waals surface area contributed by atoms with Crippen molar-refractivity contribution in [2.75, 3.05) is 31.1 Å². The van der Waals surface area contributed by atoms with Crippen molar-refractivity contribution in [1.82, 2.24) is 15.1 Å². The van der Waals surface area contributed by atoms with E-state index < -0.39 is 6.17 Å². The summed E-state index contributed by atoms with van der Waals surface area (Å²) >= 11 is 0. The summed E-state index contributed by atoms with van der Waals surface area (Å²) in [5.74, 6) is 0.637. The van der Waals surface area contributed by atoms with E-state index in [0.29, 0.717) is 41.7 Å². The number of fused-ring (bicyclic) bond motifs is 6. The number of unbranched alkanes of at least 4 members (excludes halogenated alkanes) is 2. The highest BCUT2D eigenvalue weighted by Crippen LogP contribution is 2.45. The smallest absolute Gasteiger partial charge is 0.260 e. The number of nitrogens with one attached hydrogen (secondary N) is 1. The number of hydrogen-bond acceptors (Lipinski definition) is 4. The Morgan fingerprint density at radius 2 is 1.63 bits per heavy atom. The molecule has 0 aromatic heterocycles. The minimum absolute atomic E-state index is 0.0339. The molecule has 1 N–H and O–H groups in total. The lowest BCUT2D eigenvalue weighted by molar-refractivity contribution is -0.121. The molecule has 3 amide bonds. The number of amides is 3. The van der Waals surface area contributed by atoms with Gasteiger partial charge in [0.15, 0.2) is 0 Å². The zero-order chi connectivity index (χ0) is 26.1. The largest absolute Gasteiger partial charge is 0.356 e. The van der Waals surface area contributed by atoms with Crippen molar-refractivity contribution in [2.24, 2.45) is 5.92 Å². The first-order valence-electron chi connectivity index (χ1n) is 14.5. The average Bonchev–Trinajstić information content (AvgIpc) is 3.25. The van der Waals surface area contributed by atoms with Gasteiger partial charge in [0.25, 0.3) is 11.8 Å². The molecule has 2 aromatic rings. The molecular weight excluding hydrogens is 476 g/mol. The van der Waals surface area contributed by atoms with Gasteiger partial charge in [-0.15, -0.1) is 0 Å². The van der Waals surface area contributed by atoms with Crippen molar-refractivity contribution in [3.63, 3.8) is 0 Å². The maximum absolute atomic E-state index is 13.5. The molecule has 7 nitrogen and oxygen atoms in total. The molecule has 2 fully saturated rings. The van der Waals surface area contributed by atoms with Crippen LogP contribution in [0.4, 0.5) is 5.69 Å². The summed E-state index contributed by atoms with van der Waals surface area (Å²) < 4.78 is 0. The molecule has 2 saturated heterocycles. The zero-order valence-corrected chi connectivity index (χ0v) is 22.1. The third-order valence-corrected chi connectivity index (χ3v) is 8.98. The van der Waals surface area contributed by atoms with Crippen molar-refractivity contribution in [3.8, 4) is 0 Å². The van der Waals surface area contributed by atoms with Gasteiger partial charge < -0.3 is 15.1 Å². The van der Waals surface area contributed by atoms with Gasteiger partial charge in [-0.05, 0) is 75.7 Å². The molecule has 4 aliphatic rings. The van der Waals surface area contributed by atoms with Gasteiger partial charge in [-0.25, -0.2) is 0 Å². The molecule has 0 saturated carbocycles. The Bertz CT molecular complexity index is 1210. The third-order valence-electron chi connectivity index (χ3n) is 8.98. The fourth-order valence-corrected chi connectivity index (χ4v) is 7.09. The summed E-state index contributed by atoms with van der Waals surface area (Å²) in [6, 6.07) is 15.6. The number of anilines is 1. The summed E-state index contributed by atoms with van der Waals surface area (Å²) in [5, 5.41) is 3.22. The molecule has 7 heteroatoms. The Labute approximate surface area is 225 Å². The van der Waals surface area contributed by atoms with E-state index in [4.69, 9.17) is 0 Å². The maximum Gasteiger partial charge on any atom is 0.260 e. The molecule has 3 atom stereocenters. The first-order valence-corrected chi connectivity index (χ1v) is 14.5. The summed E-state index contributed by atoms with van der Waals surface area (Å²) in [7, 11) is 0.